The Morgan fingerprint density at radius 1 is 1.26 bits per heavy atom. The molecular formula is C9H6F6O3S. The lowest BCUT2D eigenvalue weighted by Gasteiger charge is -2.25. The van der Waals surface area contributed by atoms with Gasteiger partial charge in [-0.2, -0.15) is 22.0 Å². The second-order valence-electron chi connectivity index (χ2n) is 3.54. The first-order chi connectivity index (χ1) is 8.45. The number of cyclic esters (lactones) is 1. The van der Waals surface area contributed by atoms with Crippen LogP contribution in [0.1, 0.15) is 6.92 Å². The summed E-state index contributed by atoms with van der Waals surface area (Å²) in [5.74, 6) is -2.81. The third kappa shape index (κ3) is 3.64. The van der Waals surface area contributed by atoms with Gasteiger partial charge in [0.15, 0.2) is 11.0 Å². The smallest absolute Gasteiger partial charge is 0.426 e. The van der Waals surface area contributed by atoms with E-state index in [9.17, 15) is 35.9 Å². The van der Waals surface area contributed by atoms with Crippen LogP contribution in [0.5, 0.6) is 0 Å². The Hall–Kier alpha value is -1.19. The van der Waals surface area contributed by atoms with Gasteiger partial charge >= 0.3 is 17.4 Å². The minimum absolute atomic E-state index is 0.178. The molecule has 19 heavy (non-hydrogen) atoms. The summed E-state index contributed by atoms with van der Waals surface area (Å²) in [6, 6.07) is 0. The van der Waals surface area contributed by atoms with E-state index < -0.39 is 46.4 Å². The number of ether oxygens (including phenoxy) is 1. The third-order valence-electron chi connectivity index (χ3n) is 1.94. The van der Waals surface area contributed by atoms with Crippen molar-refractivity contribution in [3.8, 4) is 0 Å². The normalized spacial score (nSPS) is 22.9. The fraction of sp³-hybridized carbons (Fsp3) is 0.556. The molecule has 1 rings (SSSR count). The van der Waals surface area contributed by atoms with Gasteiger partial charge in [-0.3, -0.25) is 4.79 Å². The number of alkyl halides is 6. The van der Waals surface area contributed by atoms with E-state index >= 15 is 0 Å². The maximum atomic E-state index is 13.0. The number of thioether (sulfide) groups is 1. The predicted octanol–water partition coefficient (Wildman–Crippen LogP) is 2.61. The van der Waals surface area contributed by atoms with Crippen molar-refractivity contribution in [1.82, 2.24) is 0 Å². The molecule has 0 aromatic carbocycles. The van der Waals surface area contributed by atoms with Gasteiger partial charge in [0.25, 0.3) is 6.17 Å². The topological polar surface area (TPSA) is 43.4 Å². The first kappa shape index (κ1) is 15.9. The van der Waals surface area contributed by atoms with Crippen LogP contribution >= 0.6 is 11.8 Å². The number of hydrogen-bond acceptors (Lipinski definition) is 4. The molecule has 0 saturated carbocycles. The quantitative estimate of drug-likeness (QED) is 0.457. The Morgan fingerprint density at radius 3 is 2.21 bits per heavy atom. The number of carbonyl (C=O) groups excluding carboxylic acids is 2. The lowest BCUT2D eigenvalue weighted by atomic mass is 10.2. The molecule has 0 saturated heterocycles. The summed E-state index contributed by atoms with van der Waals surface area (Å²) >= 11 is -1.02. The van der Waals surface area contributed by atoms with Crippen LogP contribution in [0.2, 0.25) is 0 Å². The first-order valence-corrected chi connectivity index (χ1v) is 5.53. The van der Waals surface area contributed by atoms with E-state index in [0.29, 0.717) is 6.08 Å². The lowest BCUT2D eigenvalue weighted by Crippen LogP contribution is -2.43. The molecule has 0 N–H and O–H groups in total. The summed E-state index contributed by atoms with van der Waals surface area (Å²) in [5, 5.41) is -7.20. The van der Waals surface area contributed by atoms with Gasteiger partial charge in [-0.05, 0) is 6.92 Å². The monoisotopic (exact) mass is 308 g/mol. The Morgan fingerprint density at radius 2 is 1.79 bits per heavy atom. The molecule has 0 amide bonds. The van der Waals surface area contributed by atoms with Gasteiger partial charge in [0.2, 0.25) is 0 Å². The summed E-state index contributed by atoms with van der Waals surface area (Å²) in [4.78, 5) is 22.4. The van der Waals surface area contributed by atoms with Gasteiger partial charge in [-0.15, -0.1) is 0 Å². The SMILES string of the molecule is CC1=CC(=O)C(SC(F)(F)C(F)C(F)(F)F)C(=O)O1. The van der Waals surface area contributed by atoms with Gasteiger partial charge in [0.05, 0.1) is 0 Å². The van der Waals surface area contributed by atoms with Crippen molar-refractivity contribution in [2.75, 3.05) is 0 Å². The lowest BCUT2D eigenvalue weighted by molar-refractivity contribution is -0.220. The van der Waals surface area contributed by atoms with Crippen molar-refractivity contribution in [3.05, 3.63) is 11.8 Å². The average Bonchev–Trinajstić information content (AvgIpc) is 2.21. The molecule has 1 aliphatic heterocycles. The zero-order valence-electron chi connectivity index (χ0n) is 9.13. The summed E-state index contributed by atoms with van der Waals surface area (Å²) < 4.78 is 78.6. The molecule has 1 heterocycles. The van der Waals surface area contributed by atoms with Crippen LogP contribution in [-0.4, -0.2) is 34.6 Å². The number of halogens is 6. The molecule has 1 aliphatic rings. The van der Waals surface area contributed by atoms with Crippen LogP contribution in [0, 0.1) is 0 Å². The molecule has 2 atom stereocenters. The third-order valence-corrected chi connectivity index (χ3v) is 3.12. The van der Waals surface area contributed by atoms with Crippen LogP contribution in [0.3, 0.4) is 0 Å². The minimum atomic E-state index is -5.80. The van der Waals surface area contributed by atoms with Crippen LogP contribution in [-0.2, 0) is 14.3 Å². The fourth-order valence-corrected chi connectivity index (χ4v) is 2.04. The zero-order valence-corrected chi connectivity index (χ0v) is 9.95. The van der Waals surface area contributed by atoms with Crippen molar-refractivity contribution in [3.63, 3.8) is 0 Å². The highest BCUT2D eigenvalue weighted by Gasteiger charge is 2.59. The van der Waals surface area contributed by atoms with E-state index in [1.807, 2.05) is 0 Å². The highest BCUT2D eigenvalue weighted by molar-refractivity contribution is 8.02. The van der Waals surface area contributed by atoms with Crippen LogP contribution in [0.4, 0.5) is 26.3 Å². The van der Waals surface area contributed by atoms with Crippen LogP contribution in [0.15, 0.2) is 11.8 Å². The number of carbonyl (C=O) groups is 2. The Labute approximate surface area is 107 Å². The van der Waals surface area contributed by atoms with E-state index in [-0.39, 0.29) is 5.76 Å². The van der Waals surface area contributed by atoms with Gasteiger partial charge < -0.3 is 4.74 Å². The summed E-state index contributed by atoms with van der Waals surface area (Å²) in [7, 11) is 0. The van der Waals surface area contributed by atoms with Gasteiger partial charge in [0, 0.05) is 6.08 Å². The maximum Gasteiger partial charge on any atom is 0.426 e. The second kappa shape index (κ2) is 5.06. The largest absolute Gasteiger partial charge is 0.430 e. The molecule has 0 spiro atoms. The maximum absolute atomic E-state index is 13.0. The van der Waals surface area contributed by atoms with Crippen molar-refractivity contribution in [2.45, 2.75) is 29.8 Å². The van der Waals surface area contributed by atoms with E-state index in [0.717, 1.165) is 0 Å². The molecule has 0 radical (unpaired) electrons. The highest BCUT2D eigenvalue weighted by atomic mass is 32.2. The van der Waals surface area contributed by atoms with Crippen LogP contribution in [0.25, 0.3) is 0 Å². The number of ketones is 1. The minimum Gasteiger partial charge on any atom is -0.430 e. The number of hydrogen-bond donors (Lipinski definition) is 0. The molecule has 0 aliphatic carbocycles. The van der Waals surface area contributed by atoms with Gasteiger partial charge in [0.1, 0.15) is 5.76 Å². The van der Waals surface area contributed by atoms with E-state index in [1.165, 1.54) is 6.92 Å². The van der Waals surface area contributed by atoms with E-state index in [4.69, 9.17) is 0 Å². The first-order valence-electron chi connectivity index (χ1n) is 4.65. The molecule has 0 aromatic rings. The summed E-state index contributed by atoms with van der Waals surface area (Å²) in [6.45, 7) is 1.18. The van der Waals surface area contributed by atoms with Gasteiger partial charge in [-0.25, -0.2) is 9.18 Å². The molecule has 0 aromatic heterocycles. The van der Waals surface area contributed by atoms with Crippen molar-refractivity contribution in [2.24, 2.45) is 0 Å². The van der Waals surface area contributed by atoms with Gasteiger partial charge in [-0.1, -0.05) is 11.8 Å². The standard InChI is InChI=1S/C9H6F6O3S/c1-3-2-4(16)5(6(17)18-3)19-9(14,15)7(10)8(11,12)13/h2,5,7H,1H3. The fourth-order valence-electron chi connectivity index (χ4n) is 1.15. The number of rotatable bonds is 3. The number of allylic oxidation sites excluding steroid dienone is 2. The van der Waals surface area contributed by atoms with Crippen molar-refractivity contribution < 1.29 is 40.7 Å². The summed E-state index contributed by atoms with van der Waals surface area (Å²) in [6.07, 6.45) is -9.61. The summed E-state index contributed by atoms with van der Waals surface area (Å²) in [5.41, 5.74) is 0. The molecule has 108 valence electrons. The highest BCUT2D eigenvalue weighted by Crippen LogP contribution is 2.45. The molecule has 0 fully saturated rings. The van der Waals surface area contributed by atoms with E-state index in [2.05, 4.69) is 4.74 Å². The van der Waals surface area contributed by atoms with Crippen molar-refractivity contribution >= 4 is 23.5 Å². The zero-order chi connectivity index (χ0) is 15.0. The molecule has 2 unspecified atom stereocenters. The van der Waals surface area contributed by atoms with E-state index in [1.54, 1.807) is 0 Å². The molecule has 0 bridgehead atoms. The Bertz CT molecular complexity index is 430. The van der Waals surface area contributed by atoms with Crippen molar-refractivity contribution in [1.29, 1.82) is 0 Å². The molecule has 10 heteroatoms. The second-order valence-corrected chi connectivity index (χ2v) is 4.79. The predicted molar refractivity (Wildman–Crippen MR) is 52.1 cm³/mol. The molecular weight excluding hydrogens is 302 g/mol. The Balaban J connectivity index is 2.90. The average molecular weight is 308 g/mol. The Kier molecular flexibility index (Phi) is 4.23. The van der Waals surface area contributed by atoms with Crippen LogP contribution < -0.4 is 0 Å². The molecule has 3 nitrogen and oxygen atoms in total. The number of esters is 1.